The lowest BCUT2D eigenvalue weighted by molar-refractivity contribution is -0.124. The molecule has 5 aromatic rings. The van der Waals surface area contributed by atoms with Crippen LogP contribution in [0.25, 0.3) is 11.0 Å². The van der Waals surface area contributed by atoms with Gasteiger partial charge in [-0.3, -0.25) is 14.5 Å². The van der Waals surface area contributed by atoms with Crippen molar-refractivity contribution in [1.82, 2.24) is 15.0 Å². The number of aromatic nitrogens is 3. The summed E-state index contributed by atoms with van der Waals surface area (Å²) in [6.45, 7) is -0.239. The van der Waals surface area contributed by atoms with Crippen LogP contribution in [0.3, 0.4) is 0 Å². The van der Waals surface area contributed by atoms with Gasteiger partial charge in [-0.25, -0.2) is 9.07 Å². The molecule has 0 saturated heterocycles. The first kappa shape index (κ1) is 29.8. The topological polar surface area (TPSA) is 117 Å². The molecule has 226 valence electrons. The van der Waals surface area contributed by atoms with Crippen LogP contribution in [0.15, 0.2) is 84.9 Å². The minimum Gasteiger partial charge on any atom is -0.497 e. The number of halogens is 1. The van der Waals surface area contributed by atoms with Gasteiger partial charge in [-0.1, -0.05) is 17.3 Å². The molecule has 12 heteroatoms. The van der Waals surface area contributed by atoms with Crippen molar-refractivity contribution >= 4 is 34.2 Å². The van der Waals surface area contributed by atoms with Gasteiger partial charge in [0, 0.05) is 11.4 Å². The average Bonchev–Trinajstić information content (AvgIpc) is 3.46. The Bertz CT molecular complexity index is 1750. The number of benzene rings is 4. The summed E-state index contributed by atoms with van der Waals surface area (Å²) in [5.74, 6) is -0.0790. The van der Waals surface area contributed by atoms with Gasteiger partial charge >= 0.3 is 0 Å². The Labute approximate surface area is 252 Å². The molecule has 0 saturated carbocycles. The molecule has 0 fully saturated rings. The van der Waals surface area contributed by atoms with Crippen LogP contribution < -0.4 is 29.2 Å². The van der Waals surface area contributed by atoms with Crippen LogP contribution in [-0.2, 0) is 16.1 Å². The first-order chi connectivity index (χ1) is 21.4. The van der Waals surface area contributed by atoms with Crippen LogP contribution in [0, 0.1) is 5.82 Å². The Kier molecular flexibility index (Phi) is 8.89. The number of hydrogen-bond acceptors (Lipinski definition) is 8. The molecule has 1 N–H and O–H groups in total. The second-order valence-corrected chi connectivity index (χ2v) is 9.55. The lowest BCUT2D eigenvalue weighted by atomic mass is 10.0. The molecule has 4 aromatic carbocycles. The van der Waals surface area contributed by atoms with E-state index >= 15 is 0 Å². The second-order valence-electron chi connectivity index (χ2n) is 9.55. The van der Waals surface area contributed by atoms with Crippen molar-refractivity contribution in [2.45, 2.75) is 12.6 Å². The maximum Gasteiger partial charge on any atom is 0.252 e. The molecule has 0 aliphatic heterocycles. The molecule has 11 nitrogen and oxygen atoms in total. The summed E-state index contributed by atoms with van der Waals surface area (Å²) >= 11 is 0. The van der Waals surface area contributed by atoms with Gasteiger partial charge in [0.2, 0.25) is 11.7 Å². The van der Waals surface area contributed by atoms with Crippen molar-refractivity contribution in [2.24, 2.45) is 0 Å². The first-order valence-electron chi connectivity index (χ1n) is 13.5. The Morgan fingerprint density at radius 1 is 0.864 bits per heavy atom. The third kappa shape index (κ3) is 6.09. The summed E-state index contributed by atoms with van der Waals surface area (Å²) in [7, 11) is 5.91. The molecule has 5 rings (SSSR count). The molecule has 0 spiro atoms. The van der Waals surface area contributed by atoms with Crippen molar-refractivity contribution in [3.63, 3.8) is 0 Å². The van der Waals surface area contributed by atoms with E-state index in [0.29, 0.717) is 39.5 Å². The second kappa shape index (κ2) is 13.1. The molecule has 0 bridgehead atoms. The predicted molar refractivity (Wildman–Crippen MR) is 162 cm³/mol. The number of para-hydroxylation sites is 1. The van der Waals surface area contributed by atoms with Gasteiger partial charge in [0.05, 0.1) is 34.0 Å². The lowest BCUT2D eigenvalue weighted by Gasteiger charge is -2.32. The van der Waals surface area contributed by atoms with Crippen LogP contribution >= 0.6 is 0 Å². The Hall–Kier alpha value is -5.65. The van der Waals surface area contributed by atoms with Gasteiger partial charge in [0.1, 0.15) is 29.7 Å². The van der Waals surface area contributed by atoms with Crippen LogP contribution in [0.2, 0.25) is 0 Å². The van der Waals surface area contributed by atoms with Crippen LogP contribution in [-0.4, -0.2) is 55.2 Å². The minimum atomic E-state index is -1.27. The maximum atomic E-state index is 14.3. The highest BCUT2D eigenvalue weighted by Crippen LogP contribution is 2.42. The minimum absolute atomic E-state index is 0.239. The first-order valence-corrected chi connectivity index (χ1v) is 13.5. The number of amides is 2. The average molecular weight is 600 g/mol. The maximum absolute atomic E-state index is 14.3. The number of fused-ring (bicyclic) bond motifs is 1. The molecule has 1 heterocycles. The number of nitrogens with one attached hydrogen (secondary N) is 1. The standard InChI is InChI=1S/C32H30FN5O6/c1-41-24-15-13-23(14-16-24)38(29(39)19-37-26-8-6-5-7-25(26)35-36-37)30(32(40)34-22-11-9-21(33)10-12-22)20-17-27(42-2)31(44-4)28(18-20)43-3/h5-18,30H,19H2,1-4H3,(H,34,40)/t30-/m1/s1. The highest BCUT2D eigenvalue weighted by molar-refractivity contribution is 6.05. The normalized spacial score (nSPS) is 11.5. The van der Waals surface area contributed by atoms with E-state index in [1.165, 1.54) is 62.3 Å². The van der Waals surface area contributed by atoms with Crippen LogP contribution in [0.4, 0.5) is 15.8 Å². The zero-order valence-corrected chi connectivity index (χ0v) is 24.5. The summed E-state index contributed by atoms with van der Waals surface area (Å²) < 4.78 is 37.1. The van der Waals surface area contributed by atoms with Gasteiger partial charge in [-0.05, 0) is 78.4 Å². The lowest BCUT2D eigenvalue weighted by Crippen LogP contribution is -2.43. The van der Waals surface area contributed by atoms with Crippen molar-refractivity contribution in [1.29, 1.82) is 0 Å². The fourth-order valence-electron chi connectivity index (χ4n) is 4.84. The number of ether oxygens (including phenoxy) is 4. The number of hydrogen-bond donors (Lipinski definition) is 1. The molecule has 1 aromatic heterocycles. The number of anilines is 2. The van der Waals surface area contributed by atoms with E-state index in [4.69, 9.17) is 18.9 Å². The molecule has 1 atom stereocenters. The highest BCUT2D eigenvalue weighted by atomic mass is 19.1. The van der Waals surface area contributed by atoms with Gasteiger partial charge in [-0.15, -0.1) is 5.10 Å². The van der Waals surface area contributed by atoms with Crippen molar-refractivity contribution in [3.8, 4) is 23.0 Å². The summed E-state index contributed by atoms with van der Waals surface area (Å²) in [4.78, 5) is 29.9. The number of rotatable bonds is 11. The van der Waals surface area contributed by atoms with Gasteiger partial charge in [-0.2, -0.15) is 0 Å². The Morgan fingerprint density at radius 2 is 1.52 bits per heavy atom. The summed E-state index contributed by atoms with van der Waals surface area (Å²) in [5.41, 5.74) is 2.35. The van der Waals surface area contributed by atoms with E-state index in [1.807, 2.05) is 12.1 Å². The largest absolute Gasteiger partial charge is 0.497 e. The third-order valence-corrected chi connectivity index (χ3v) is 6.95. The quantitative estimate of drug-likeness (QED) is 0.225. The van der Waals surface area contributed by atoms with E-state index < -0.39 is 23.7 Å². The molecule has 0 aliphatic rings. The zero-order chi connectivity index (χ0) is 31.2. The molecule has 2 amide bonds. The van der Waals surface area contributed by atoms with E-state index in [0.717, 1.165) is 0 Å². The predicted octanol–water partition coefficient (Wildman–Crippen LogP) is 5.02. The van der Waals surface area contributed by atoms with E-state index in [9.17, 15) is 14.0 Å². The van der Waals surface area contributed by atoms with Gasteiger partial charge < -0.3 is 24.3 Å². The number of carbonyl (C=O) groups is 2. The summed E-state index contributed by atoms with van der Waals surface area (Å²) in [6, 6.07) is 21.2. The van der Waals surface area contributed by atoms with Gasteiger partial charge in [0.25, 0.3) is 5.91 Å². The molecule has 44 heavy (non-hydrogen) atoms. The van der Waals surface area contributed by atoms with Crippen molar-refractivity contribution < 1.29 is 32.9 Å². The molecule has 0 aliphatic carbocycles. The fraction of sp³-hybridized carbons (Fsp3) is 0.188. The van der Waals surface area contributed by atoms with E-state index in [-0.39, 0.29) is 18.0 Å². The van der Waals surface area contributed by atoms with Crippen LogP contribution in [0.5, 0.6) is 23.0 Å². The number of carbonyl (C=O) groups excluding carboxylic acids is 2. The van der Waals surface area contributed by atoms with Crippen LogP contribution in [0.1, 0.15) is 11.6 Å². The smallest absolute Gasteiger partial charge is 0.252 e. The molecular formula is C32H30FN5O6. The van der Waals surface area contributed by atoms with Crippen molar-refractivity contribution in [2.75, 3.05) is 38.7 Å². The SMILES string of the molecule is COc1ccc(N(C(=O)Cn2nnc3ccccc32)[C@@H](C(=O)Nc2ccc(F)cc2)c2cc(OC)c(OC)c(OC)c2)cc1. The Balaban J connectivity index is 1.67. The van der Waals surface area contributed by atoms with Gasteiger partial charge in [0.15, 0.2) is 11.5 Å². The number of methoxy groups -OCH3 is 4. The number of nitrogens with zero attached hydrogens (tertiary/aromatic N) is 4. The molecule has 0 radical (unpaired) electrons. The highest BCUT2D eigenvalue weighted by Gasteiger charge is 2.35. The molecular weight excluding hydrogens is 569 g/mol. The third-order valence-electron chi connectivity index (χ3n) is 6.95. The zero-order valence-electron chi connectivity index (χ0n) is 24.5. The Morgan fingerprint density at radius 3 is 2.14 bits per heavy atom. The fourth-order valence-corrected chi connectivity index (χ4v) is 4.84. The monoisotopic (exact) mass is 599 g/mol. The van der Waals surface area contributed by atoms with Crippen molar-refractivity contribution in [3.05, 3.63) is 96.3 Å². The molecule has 0 unspecified atom stereocenters. The van der Waals surface area contributed by atoms with E-state index in [2.05, 4.69) is 15.6 Å². The summed E-state index contributed by atoms with van der Waals surface area (Å²) in [5, 5.41) is 11.2. The summed E-state index contributed by atoms with van der Waals surface area (Å²) in [6.07, 6.45) is 0. The van der Waals surface area contributed by atoms with E-state index in [1.54, 1.807) is 48.5 Å².